The summed E-state index contributed by atoms with van der Waals surface area (Å²) < 4.78 is 49.7. The molecule has 0 spiro atoms. The van der Waals surface area contributed by atoms with Crippen molar-refractivity contribution in [3.8, 4) is 0 Å². The average molecular weight is 348 g/mol. The van der Waals surface area contributed by atoms with Crippen LogP contribution in [0.2, 0.25) is 0 Å². The van der Waals surface area contributed by atoms with E-state index in [4.69, 9.17) is 9.47 Å². The molecule has 0 fully saturated rings. The van der Waals surface area contributed by atoms with Gasteiger partial charge in [-0.05, 0) is 18.2 Å². The monoisotopic (exact) mass is 348 g/mol. The van der Waals surface area contributed by atoms with Crippen LogP contribution in [0, 0.1) is 5.82 Å². The third kappa shape index (κ3) is 6.22. The molecular weight excluding hydrogens is 327 g/mol. The predicted molar refractivity (Wildman–Crippen MR) is 82.3 cm³/mol. The Labute approximate surface area is 135 Å². The van der Waals surface area contributed by atoms with Crippen molar-refractivity contribution in [2.45, 2.75) is 11.8 Å². The maximum atomic E-state index is 13.7. The van der Waals surface area contributed by atoms with Gasteiger partial charge in [-0.1, -0.05) is 6.92 Å². The number of ether oxygens (including phenoxy) is 2. The molecule has 130 valence electrons. The van der Waals surface area contributed by atoms with Gasteiger partial charge < -0.3 is 14.8 Å². The Balaban J connectivity index is 2.70. The molecule has 7 nitrogen and oxygen atoms in total. The zero-order chi connectivity index (χ0) is 17.3. The highest BCUT2D eigenvalue weighted by Crippen LogP contribution is 2.15. The highest BCUT2D eigenvalue weighted by Gasteiger charge is 2.18. The van der Waals surface area contributed by atoms with Crippen LogP contribution in [0.1, 0.15) is 17.3 Å². The molecule has 0 aromatic heterocycles. The zero-order valence-corrected chi connectivity index (χ0v) is 13.9. The molecule has 1 amide bonds. The van der Waals surface area contributed by atoms with Crippen molar-refractivity contribution in [2.24, 2.45) is 0 Å². The van der Waals surface area contributed by atoms with E-state index in [9.17, 15) is 17.6 Å². The van der Waals surface area contributed by atoms with E-state index in [0.29, 0.717) is 13.2 Å². The summed E-state index contributed by atoms with van der Waals surface area (Å²) in [5.74, 6) is -1.50. The summed E-state index contributed by atoms with van der Waals surface area (Å²) in [6.07, 6.45) is 0. The van der Waals surface area contributed by atoms with E-state index in [1.54, 1.807) is 14.0 Å². The second kappa shape index (κ2) is 9.56. The summed E-state index contributed by atoms with van der Waals surface area (Å²) in [6.45, 7) is 3.06. The molecule has 0 bridgehead atoms. The Hall–Kier alpha value is -1.55. The number of rotatable bonds is 10. The van der Waals surface area contributed by atoms with Gasteiger partial charge in [0.05, 0.1) is 30.3 Å². The van der Waals surface area contributed by atoms with Gasteiger partial charge >= 0.3 is 0 Å². The van der Waals surface area contributed by atoms with Gasteiger partial charge in [-0.2, -0.15) is 0 Å². The Bertz CT molecular complexity index is 622. The number of amides is 1. The van der Waals surface area contributed by atoms with Crippen LogP contribution in [0.25, 0.3) is 0 Å². The van der Waals surface area contributed by atoms with Gasteiger partial charge in [-0.3, -0.25) is 4.79 Å². The number of carbonyl (C=O) groups excluding carboxylic acids is 1. The largest absolute Gasteiger partial charge is 0.382 e. The number of carbonyl (C=O) groups is 1. The molecule has 0 saturated heterocycles. The molecule has 1 aromatic rings. The van der Waals surface area contributed by atoms with Crippen molar-refractivity contribution >= 4 is 15.9 Å². The lowest BCUT2D eigenvalue weighted by atomic mass is 10.2. The van der Waals surface area contributed by atoms with Crippen LogP contribution in [0.4, 0.5) is 4.39 Å². The first kappa shape index (κ1) is 19.5. The second-order valence-electron chi connectivity index (χ2n) is 4.50. The van der Waals surface area contributed by atoms with Crippen molar-refractivity contribution in [3.05, 3.63) is 29.6 Å². The van der Waals surface area contributed by atoms with E-state index in [-0.39, 0.29) is 30.2 Å². The molecule has 0 saturated carbocycles. The standard InChI is InChI=1S/C14H21FN2O5S/c1-3-17-23(19,20)11-4-5-13(15)12(10-11)14(18)16-6-7-22-9-8-21-2/h4-5,10,17H,3,6-9H2,1-2H3,(H,16,18). The Morgan fingerprint density at radius 3 is 2.65 bits per heavy atom. The molecule has 9 heteroatoms. The first-order valence-corrected chi connectivity index (χ1v) is 8.54. The quantitative estimate of drug-likeness (QED) is 0.601. The fourth-order valence-electron chi connectivity index (χ4n) is 1.70. The third-order valence-electron chi connectivity index (χ3n) is 2.79. The molecule has 0 unspecified atom stereocenters. The number of nitrogens with one attached hydrogen (secondary N) is 2. The molecule has 1 aromatic carbocycles. The van der Waals surface area contributed by atoms with E-state index >= 15 is 0 Å². The highest BCUT2D eigenvalue weighted by atomic mass is 32.2. The average Bonchev–Trinajstić information content (AvgIpc) is 2.50. The number of methoxy groups -OCH3 is 1. The van der Waals surface area contributed by atoms with Gasteiger partial charge in [-0.25, -0.2) is 17.5 Å². The second-order valence-corrected chi connectivity index (χ2v) is 6.27. The number of halogens is 1. The van der Waals surface area contributed by atoms with Gasteiger partial charge in [0, 0.05) is 20.2 Å². The topological polar surface area (TPSA) is 93.7 Å². The summed E-state index contributed by atoms with van der Waals surface area (Å²) >= 11 is 0. The summed E-state index contributed by atoms with van der Waals surface area (Å²) in [5.41, 5.74) is -0.333. The van der Waals surface area contributed by atoms with Crippen molar-refractivity contribution in [2.75, 3.05) is 40.0 Å². The summed E-state index contributed by atoms with van der Waals surface area (Å²) in [5, 5.41) is 2.47. The van der Waals surface area contributed by atoms with Crippen LogP contribution in [0.15, 0.2) is 23.1 Å². The summed E-state index contributed by atoms with van der Waals surface area (Å²) in [6, 6.07) is 3.07. The third-order valence-corrected chi connectivity index (χ3v) is 4.33. The molecule has 0 radical (unpaired) electrons. The Kier molecular flexibility index (Phi) is 8.10. The fraction of sp³-hybridized carbons (Fsp3) is 0.500. The van der Waals surface area contributed by atoms with Crippen molar-refractivity contribution in [1.82, 2.24) is 10.0 Å². The Morgan fingerprint density at radius 2 is 2.00 bits per heavy atom. The molecule has 0 aliphatic rings. The molecule has 23 heavy (non-hydrogen) atoms. The van der Waals surface area contributed by atoms with E-state index < -0.39 is 21.7 Å². The van der Waals surface area contributed by atoms with Crippen molar-refractivity contribution in [3.63, 3.8) is 0 Å². The van der Waals surface area contributed by atoms with Crippen LogP contribution < -0.4 is 10.0 Å². The SMILES string of the molecule is CCNS(=O)(=O)c1ccc(F)c(C(=O)NCCOCCOC)c1. The lowest BCUT2D eigenvalue weighted by Gasteiger charge is -2.09. The smallest absolute Gasteiger partial charge is 0.254 e. The molecule has 0 aliphatic heterocycles. The predicted octanol–water partition coefficient (Wildman–Crippen LogP) is 0.517. The van der Waals surface area contributed by atoms with Crippen molar-refractivity contribution < 1.29 is 27.1 Å². The number of sulfonamides is 1. The molecule has 0 aliphatic carbocycles. The van der Waals surface area contributed by atoms with Gasteiger partial charge in [0.25, 0.3) is 5.91 Å². The molecule has 0 heterocycles. The van der Waals surface area contributed by atoms with Crippen molar-refractivity contribution in [1.29, 1.82) is 0 Å². The maximum absolute atomic E-state index is 13.7. The zero-order valence-electron chi connectivity index (χ0n) is 13.1. The first-order chi connectivity index (χ1) is 10.9. The number of hydrogen-bond donors (Lipinski definition) is 2. The lowest BCUT2D eigenvalue weighted by molar-refractivity contribution is 0.0692. The maximum Gasteiger partial charge on any atom is 0.254 e. The van der Waals surface area contributed by atoms with Gasteiger partial charge in [0.2, 0.25) is 10.0 Å². The van der Waals surface area contributed by atoms with Crippen LogP contribution >= 0.6 is 0 Å². The van der Waals surface area contributed by atoms with E-state index in [2.05, 4.69) is 10.0 Å². The van der Waals surface area contributed by atoms with Crippen LogP contribution in [-0.2, 0) is 19.5 Å². The lowest BCUT2D eigenvalue weighted by Crippen LogP contribution is -2.29. The molecular formula is C14H21FN2O5S. The fourth-order valence-corrected chi connectivity index (χ4v) is 2.76. The Morgan fingerprint density at radius 1 is 1.26 bits per heavy atom. The minimum Gasteiger partial charge on any atom is -0.382 e. The number of hydrogen-bond acceptors (Lipinski definition) is 5. The van der Waals surface area contributed by atoms with Gasteiger partial charge in [-0.15, -0.1) is 0 Å². The minimum atomic E-state index is -3.75. The molecule has 2 N–H and O–H groups in total. The minimum absolute atomic E-state index is 0.165. The highest BCUT2D eigenvalue weighted by molar-refractivity contribution is 7.89. The van der Waals surface area contributed by atoms with Crippen LogP contribution in [0.5, 0.6) is 0 Å². The molecule has 1 rings (SSSR count). The molecule has 0 atom stereocenters. The first-order valence-electron chi connectivity index (χ1n) is 7.06. The van der Waals surface area contributed by atoms with Gasteiger partial charge in [0.15, 0.2) is 0 Å². The number of benzene rings is 1. The van der Waals surface area contributed by atoms with E-state index in [1.807, 2.05) is 0 Å². The summed E-state index contributed by atoms with van der Waals surface area (Å²) in [7, 11) is -2.21. The van der Waals surface area contributed by atoms with Crippen LogP contribution in [0.3, 0.4) is 0 Å². The van der Waals surface area contributed by atoms with Gasteiger partial charge in [0.1, 0.15) is 5.82 Å². The normalized spacial score (nSPS) is 11.4. The summed E-state index contributed by atoms with van der Waals surface area (Å²) in [4.78, 5) is 11.8. The van der Waals surface area contributed by atoms with E-state index in [0.717, 1.165) is 18.2 Å². The van der Waals surface area contributed by atoms with E-state index in [1.165, 1.54) is 0 Å². The van der Waals surface area contributed by atoms with Crippen LogP contribution in [-0.4, -0.2) is 54.3 Å².